The van der Waals surface area contributed by atoms with E-state index in [1.165, 1.54) is 0 Å². The van der Waals surface area contributed by atoms with Crippen LogP contribution in [-0.4, -0.2) is 30.4 Å². The van der Waals surface area contributed by atoms with Crippen molar-refractivity contribution in [2.24, 2.45) is 0 Å². The number of carbonyl (C=O) groups is 1. The second kappa shape index (κ2) is 6.31. The fourth-order valence-electron chi connectivity index (χ4n) is 0.818. The molecule has 11 heavy (non-hydrogen) atoms. The summed E-state index contributed by atoms with van der Waals surface area (Å²) in [6, 6.07) is 0. The third kappa shape index (κ3) is 6.01. The zero-order chi connectivity index (χ0) is 8.69. The number of hydrazine groups is 1. The summed E-state index contributed by atoms with van der Waals surface area (Å²) >= 11 is 0. The Balaban J connectivity index is 3.49. The van der Waals surface area contributed by atoms with Crippen molar-refractivity contribution in [1.82, 2.24) is 10.4 Å². The number of carbonyl (C=O) groups excluding carboxylic acids is 1. The molecule has 0 aromatic heterocycles. The Morgan fingerprint density at radius 2 is 2.09 bits per heavy atom. The van der Waals surface area contributed by atoms with Gasteiger partial charge in [0.05, 0.1) is 6.54 Å². The minimum absolute atomic E-state index is 0.204. The van der Waals surface area contributed by atoms with E-state index in [0.717, 1.165) is 19.5 Å². The summed E-state index contributed by atoms with van der Waals surface area (Å²) in [5.41, 5.74) is 3.16. The third-order valence-electron chi connectivity index (χ3n) is 1.38. The lowest BCUT2D eigenvalue weighted by Crippen LogP contribution is -2.41. The summed E-state index contributed by atoms with van der Waals surface area (Å²) in [6.07, 6.45) is 1.09. The summed E-state index contributed by atoms with van der Waals surface area (Å²) in [5.74, 6) is 0.204. The molecule has 3 heteroatoms. The highest BCUT2D eigenvalue weighted by atomic mass is 16.1. The summed E-state index contributed by atoms with van der Waals surface area (Å²) in [4.78, 5) is 10.7. The lowest BCUT2D eigenvalue weighted by molar-refractivity contribution is -0.118. The van der Waals surface area contributed by atoms with Gasteiger partial charge in [0.25, 0.3) is 0 Å². The van der Waals surface area contributed by atoms with Crippen molar-refractivity contribution < 1.29 is 4.79 Å². The summed E-state index contributed by atoms with van der Waals surface area (Å²) in [5, 5.41) is 1.94. The number of ketones is 1. The zero-order valence-electron chi connectivity index (χ0n) is 7.68. The first-order chi connectivity index (χ1) is 5.20. The summed E-state index contributed by atoms with van der Waals surface area (Å²) < 4.78 is 0. The number of nitrogens with zero attached hydrogens (tertiary/aromatic N) is 1. The molecule has 0 saturated heterocycles. The molecule has 0 aliphatic heterocycles. The van der Waals surface area contributed by atoms with Crippen LogP contribution < -0.4 is 5.43 Å². The second-order valence-corrected chi connectivity index (χ2v) is 2.62. The van der Waals surface area contributed by atoms with Crippen LogP contribution in [0.3, 0.4) is 0 Å². The van der Waals surface area contributed by atoms with Crippen LogP contribution in [0.15, 0.2) is 0 Å². The van der Waals surface area contributed by atoms with E-state index in [1.54, 1.807) is 6.92 Å². The molecule has 0 aliphatic rings. The number of rotatable bonds is 6. The van der Waals surface area contributed by atoms with Crippen molar-refractivity contribution in [3.8, 4) is 0 Å². The molecule has 0 bridgehead atoms. The predicted octanol–water partition coefficient (Wildman–Crippen LogP) is 0.812. The van der Waals surface area contributed by atoms with Crippen molar-refractivity contribution in [3.05, 3.63) is 0 Å². The van der Waals surface area contributed by atoms with Gasteiger partial charge in [-0.3, -0.25) is 10.2 Å². The van der Waals surface area contributed by atoms with E-state index in [0.29, 0.717) is 6.54 Å². The molecule has 0 atom stereocenters. The van der Waals surface area contributed by atoms with Crippen molar-refractivity contribution in [3.63, 3.8) is 0 Å². The van der Waals surface area contributed by atoms with Gasteiger partial charge in [-0.1, -0.05) is 13.8 Å². The van der Waals surface area contributed by atoms with Gasteiger partial charge in [0.2, 0.25) is 0 Å². The topological polar surface area (TPSA) is 32.3 Å². The molecule has 0 amide bonds. The molecule has 0 rings (SSSR count). The van der Waals surface area contributed by atoms with Crippen molar-refractivity contribution in [1.29, 1.82) is 0 Å². The Hall–Kier alpha value is -0.410. The fraction of sp³-hybridized carbons (Fsp3) is 0.875. The Morgan fingerprint density at radius 3 is 2.45 bits per heavy atom. The molecule has 0 aliphatic carbocycles. The van der Waals surface area contributed by atoms with Gasteiger partial charge in [-0.25, -0.2) is 5.01 Å². The number of likely N-dealkylation sites (N-methyl/N-ethyl adjacent to an activating group) is 1. The van der Waals surface area contributed by atoms with Gasteiger partial charge in [-0.2, -0.15) is 0 Å². The molecule has 0 heterocycles. The first-order valence-corrected chi connectivity index (χ1v) is 4.18. The molecular formula is C8H18N2O. The van der Waals surface area contributed by atoms with Crippen molar-refractivity contribution >= 4 is 5.78 Å². The Bertz CT molecular complexity index is 115. The van der Waals surface area contributed by atoms with Crippen molar-refractivity contribution in [2.75, 3.05) is 19.6 Å². The first kappa shape index (κ1) is 10.6. The molecule has 0 radical (unpaired) electrons. The maximum absolute atomic E-state index is 10.7. The van der Waals surface area contributed by atoms with E-state index in [1.807, 2.05) is 11.9 Å². The standard InChI is InChI=1S/C8H18N2O/c1-4-6-9-10(5-2)7-8(3)11/h9H,4-7H2,1-3H3. The van der Waals surface area contributed by atoms with Crippen LogP contribution in [0.5, 0.6) is 0 Å². The molecular weight excluding hydrogens is 140 g/mol. The highest BCUT2D eigenvalue weighted by molar-refractivity contribution is 5.77. The number of hydrogen-bond acceptors (Lipinski definition) is 3. The predicted molar refractivity (Wildman–Crippen MR) is 46.2 cm³/mol. The fourth-order valence-corrected chi connectivity index (χ4v) is 0.818. The molecule has 0 spiro atoms. The maximum Gasteiger partial charge on any atom is 0.145 e. The van der Waals surface area contributed by atoms with Gasteiger partial charge in [0.15, 0.2) is 0 Å². The van der Waals surface area contributed by atoms with Crippen LogP contribution in [0.25, 0.3) is 0 Å². The smallest absolute Gasteiger partial charge is 0.145 e. The zero-order valence-corrected chi connectivity index (χ0v) is 7.68. The minimum atomic E-state index is 0.204. The maximum atomic E-state index is 10.7. The number of nitrogens with one attached hydrogen (secondary N) is 1. The molecule has 0 saturated carbocycles. The van der Waals surface area contributed by atoms with E-state index in [-0.39, 0.29) is 5.78 Å². The SMILES string of the molecule is CCCNN(CC)CC(C)=O. The van der Waals surface area contributed by atoms with Crippen LogP contribution in [0.2, 0.25) is 0 Å². The second-order valence-electron chi connectivity index (χ2n) is 2.62. The molecule has 66 valence electrons. The van der Waals surface area contributed by atoms with E-state index >= 15 is 0 Å². The van der Waals surface area contributed by atoms with Gasteiger partial charge >= 0.3 is 0 Å². The Labute approximate surface area is 68.7 Å². The Kier molecular flexibility index (Phi) is 6.07. The van der Waals surface area contributed by atoms with E-state index in [2.05, 4.69) is 12.3 Å². The molecule has 0 aromatic carbocycles. The molecule has 0 aromatic rings. The van der Waals surface area contributed by atoms with Gasteiger partial charge in [-0.05, 0) is 13.3 Å². The molecule has 1 N–H and O–H groups in total. The normalized spacial score (nSPS) is 10.5. The highest BCUT2D eigenvalue weighted by Gasteiger charge is 2.02. The van der Waals surface area contributed by atoms with Crippen LogP contribution in [0.4, 0.5) is 0 Å². The van der Waals surface area contributed by atoms with E-state index < -0.39 is 0 Å². The van der Waals surface area contributed by atoms with E-state index in [4.69, 9.17) is 0 Å². The van der Waals surface area contributed by atoms with Crippen LogP contribution in [-0.2, 0) is 4.79 Å². The summed E-state index contributed by atoms with van der Waals surface area (Å²) in [7, 11) is 0. The van der Waals surface area contributed by atoms with Gasteiger partial charge < -0.3 is 0 Å². The monoisotopic (exact) mass is 158 g/mol. The Morgan fingerprint density at radius 1 is 1.45 bits per heavy atom. The van der Waals surface area contributed by atoms with Crippen molar-refractivity contribution in [2.45, 2.75) is 27.2 Å². The van der Waals surface area contributed by atoms with E-state index in [9.17, 15) is 4.79 Å². The van der Waals surface area contributed by atoms with Crippen LogP contribution in [0, 0.1) is 0 Å². The largest absolute Gasteiger partial charge is 0.299 e. The average Bonchev–Trinajstić information content (AvgIpc) is 1.97. The van der Waals surface area contributed by atoms with Gasteiger partial charge in [-0.15, -0.1) is 0 Å². The molecule has 0 fully saturated rings. The molecule has 0 unspecified atom stereocenters. The third-order valence-corrected chi connectivity index (χ3v) is 1.38. The van der Waals surface area contributed by atoms with Crippen LogP contribution >= 0.6 is 0 Å². The summed E-state index contributed by atoms with van der Waals surface area (Å²) in [6.45, 7) is 8.08. The van der Waals surface area contributed by atoms with Gasteiger partial charge in [0, 0.05) is 13.1 Å². The average molecular weight is 158 g/mol. The lowest BCUT2D eigenvalue weighted by Gasteiger charge is -2.19. The first-order valence-electron chi connectivity index (χ1n) is 4.18. The van der Waals surface area contributed by atoms with Gasteiger partial charge in [0.1, 0.15) is 5.78 Å². The van der Waals surface area contributed by atoms with Crippen LogP contribution in [0.1, 0.15) is 27.2 Å². The number of hydrogen-bond donors (Lipinski definition) is 1. The quantitative estimate of drug-likeness (QED) is 0.581. The highest BCUT2D eigenvalue weighted by Crippen LogP contribution is 1.83. The number of Topliss-reactive ketones (excluding diaryl/α,β-unsaturated/α-hetero) is 1. The molecule has 3 nitrogen and oxygen atoms in total. The minimum Gasteiger partial charge on any atom is -0.299 e. The lowest BCUT2D eigenvalue weighted by atomic mass is 10.4.